The first kappa shape index (κ1) is 25.3. The molecule has 4 N–H and O–H groups in total. The van der Waals surface area contributed by atoms with Gasteiger partial charge in [-0.3, -0.25) is 10.1 Å². The summed E-state index contributed by atoms with van der Waals surface area (Å²) in [5.41, 5.74) is -0.104. The fourth-order valence-electron chi connectivity index (χ4n) is 6.20. The summed E-state index contributed by atoms with van der Waals surface area (Å²) in [6, 6.07) is -0.156. The number of ether oxygens (including phenoxy) is 1. The third-order valence-electron chi connectivity index (χ3n) is 8.25. The average molecular weight is 495 g/mol. The van der Waals surface area contributed by atoms with E-state index in [1.54, 1.807) is 4.90 Å². The molecule has 34 heavy (non-hydrogen) atoms. The largest absolute Gasteiger partial charge is 0.396 e. The number of carbonyl (C=O) groups excluding carboxylic acids is 2. The molecule has 1 saturated carbocycles. The molecule has 5 atom stereocenters. The lowest BCUT2D eigenvalue weighted by molar-refractivity contribution is -0.144. The van der Waals surface area contributed by atoms with Crippen molar-refractivity contribution in [1.82, 2.24) is 15.2 Å². The minimum atomic E-state index is -0.668. The van der Waals surface area contributed by atoms with Crippen LogP contribution in [-0.4, -0.2) is 77.1 Å². The molecule has 9 nitrogen and oxygen atoms in total. The number of rotatable bonds is 5. The van der Waals surface area contributed by atoms with Crippen molar-refractivity contribution in [3.05, 3.63) is 10.6 Å². The number of amides is 3. The smallest absolute Gasteiger partial charge is 0.323 e. The van der Waals surface area contributed by atoms with E-state index in [-0.39, 0.29) is 48.3 Å². The lowest BCUT2D eigenvalue weighted by Crippen LogP contribution is -2.57. The van der Waals surface area contributed by atoms with Gasteiger partial charge in [0.1, 0.15) is 0 Å². The maximum atomic E-state index is 12.9. The lowest BCUT2D eigenvalue weighted by Gasteiger charge is -2.58. The Bertz CT molecular complexity index is 917. The highest BCUT2D eigenvalue weighted by atomic mass is 32.1. The molecule has 3 amide bonds. The fraction of sp³-hybridized carbons (Fsp3) is 0.792. The van der Waals surface area contributed by atoms with E-state index in [2.05, 4.69) is 17.6 Å². The van der Waals surface area contributed by atoms with Crippen molar-refractivity contribution in [2.24, 2.45) is 16.7 Å². The molecular weight excluding hydrogens is 456 g/mol. The molecule has 1 aromatic heterocycles. The summed E-state index contributed by atoms with van der Waals surface area (Å²) >= 11 is 1.44. The van der Waals surface area contributed by atoms with Crippen LogP contribution in [0.15, 0.2) is 0 Å². The maximum absolute atomic E-state index is 12.9. The Kier molecular flexibility index (Phi) is 7.24. The molecule has 1 saturated heterocycles. The van der Waals surface area contributed by atoms with Gasteiger partial charge in [0.15, 0.2) is 5.13 Å². The summed E-state index contributed by atoms with van der Waals surface area (Å²) in [5.74, 6) is -0.207. The van der Waals surface area contributed by atoms with E-state index in [0.717, 1.165) is 17.0 Å². The summed E-state index contributed by atoms with van der Waals surface area (Å²) in [5, 5.41) is 27.7. The summed E-state index contributed by atoms with van der Waals surface area (Å²) in [6.07, 6.45) is 1.67. The van der Waals surface area contributed by atoms with Gasteiger partial charge < -0.3 is 25.2 Å². The van der Waals surface area contributed by atoms with Crippen LogP contribution in [0.5, 0.6) is 0 Å². The van der Waals surface area contributed by atoms with Crippen LogP contribution in [0.3, 0.4) is 0 Å². The van der Waals surface area contributed by atoms with Gasteiger partial charge in [0.25, 0.3) is 0 Å². The first-order chi connectivity index (χ1) is 16.1. The molecule has 10 heteroatoms. The average Bonchev–Trinajstić information content (AvgIpc) is 3.20. The number of hydrogen-bond acceptors (Lipinski definition) is 7. The van der Waals surface area contributed by atoms with Gasteiger partial charge in [0.2, 0.25) is 5.91 Å². The van der Waals surface area contributed by atoms with Gasteiger partial charge in [-0.2, -0.15) is 0 Å². The highest BCUT2D eigenvalue weighted by molar-refractivity contribution is 7.15. The Labute approximate surface area is 205 Å². The Balaban J connectivity index is 1.67. The molecule has 0 bridgehead atoms. The molecule has 1 aliphatic heterocycles. The van der Waals surface area contributed by atoms with Crippen LogP contribution in [0.2, 0.25) is 0 Å². The second kappa shape index (κ2) is 9.72. The maximum Gasteiger partial charge on any atom is 0.323 e. The second-order valence-corrected chi connectivity index (χ2v) is 11.9. The Morgan fingerprint density at radius 2 is 2.00 bits per heavy atom. The molecule has 0 spiro atoms. The van der Waals surface area contributed by atoms with E-state index >= 15 is 0 Å². The quantitative estimate of drug-likeness (QED) is 0.498. The molecule has 3 aliphatic rings. The first-order valence-corrected chi connectivity index (χ1v) is 13.1. The van der Waals surface area contributed by atoms with Gasteiger partial charge >= 0.3 is 6.03 Å². The van der Waals surface area contributed by atoms with Gasteiger partial charge in [0.05, 0.1) is 31.6 Å². The van der Waals surface area contributed by atoms with E-state index in [9.17, 15) is 19.8 Å². The van der Waals surface area contributed by atoms with Crippen molar-refractivity contribution in [3.63, 3.8) is 0 Å². The van der Waals surface area contributed by atoms with Crippen LogP contribution in [0.4, 0.5) is 9.93 Å². The number of anilines is 1. The van der Waals surface area contributed by atoms with Crippen LogP contribution >= 0.6 is 11.3 Å². The SMILES string of the molecule is CC(C)NC(=O)C[C@@H]1c2nc(NC(=O)N3CCOCC3)sc2C[C@@H]2[C@](C)(CO)[C@H](O)CC[C@]21C. The van der Waals surface area contributed by atoms with Crippen LogP contribution in [0.1, 0.15) is 63.4 Å². The van der Waals surface area contributed by atoms with Crippen LogP contribution in [0.25, 0.3) is 0 Å². The molecule has 190 valence electrons. The Morgan fingerprint density at radius 1 is 1.29 bits per heavy atom. The number of fused-ring (bicyclic) bond motifs is 2. The second-order valence-electron chi connectivity index (χ2n) is 10.8. The Hall–Kier alpha value is -1.75. The first-order valence-electron chi connectivity index (χ1n) is 12.3. The predicted octanol–water partition coefficient (Wildman–Crippen LogP) is 2.34. The number of aliphatic hydroxyl groups excluding tert-OH is 2. The summed E-state index contributed by atoms with van der Waals surface area (Å²) in [7, 11) is 0. The number of hydrogen-bond donors (Lipinski definition) is 4. The number of morpholine rings is 1. The van der Waals surface area contributed by atoms with Crippen molar-refractivity contribution in [2.45, 2.75) is 71.4 Å². The number of carbonyl (C=O) groups is 2. The third-order valence-corrected chi connectivity index (χ3v) is 9.25. The number of nitrogens with zero attached hydrogens (tertiary/aromatic N) is 2. The van der Waals surface area contributed by atoms with Gasteiger partial charge in [0, 0.05) is 41.8 Å². The number of aromatic nitrogens is 1. The molecule has 2 aliphatic carbocycles. The molecule has 1 aromatic rings. The van der Waals surface area contributed by atoms with Crippen molar-refractivity contribution >= 4 is 28.4 Å². The number of urea groups is 1. The van der Waals surface area contributed by atoms with Crippen LogP contribution in [0, 0.1) is 16.7 Å². The van der Waals surface area contributed by atoms with Gasteiger partial charge in [-0.15, -0.1) is 11.3 Å². The topological polar surface area (TPSA) is 124 Å². The highest BCUT2D eigenvalue weighted by Crippen LogP contribution is 2.62. The molecule has 0 radical (unpaired) electrons. The molecule has 2 fully saturated rings. The van der Waals surface area contributed by atoms with Crippen molar-refractivity contribution in [3.8, 4) is 0 Å². The fourth-order valence-corrected chi connectivity index (χ4v) is 7.26. The molecule has 0 aromatic carbocycles. The summed E-state index contributed by atoms with van der Waals surface area (Å²) in [4.78, 5) is 33.3. The molecule has 0 unspecified atom stereocenters. The minimum Gasteiger partial charge on any atom is -0.396 e. The van der Waals surface area contributed by atoms with E-state index in [0.29, 0.717) is 44.3 Å². The zero-order chi connectivity index (χ0) is 24.7. The molecule has 2 heterocycles. The number of nitrogens with one attached hydrogen (secondary N) is 2. The number of aliphatic hydroxyl groups is 2. The van der Waals surface area contributed by atoms with Gasteiger partial charge in [-0.05, 0) is 44.4 Å². The van der Waals surface area contributed by atoms with Crippen LogP contribution < -0.4 is 10.6 Å². The normalized spacial score (nSPS) is 33.3. The van der Waals surface area contributed by atoms with E-state index in [1.807, 2.05) is 20.8 Å². The predicted molar refractivity (Wildman–Crippen MR) is 130 cm³/mol. The van der Waals surface area contributed by atoms with Crippen molar-refractivity contribution in [2.75, 3.05) is 38.2 Å². The zero-order valence-corrected chi connectivity index (χ0v) is 21.4. The van der Waals surface area contributed by atoms with E-state index in [1.165, 1.54) is 11.3 Å². The minimum absolute atomic E-state index is 0.0126. The van der Waals surface area contributed by atoms with Gasteiger partial charge in [-0.1, -0.05) is 13.8 Å². The summed E-state index contributed by atoms with van der Waals surface area (Å²) < 4.78 is 5.34. The monoisotopic (exact) mass is 494 g/mol. The molecular formula is C24H38N4O5S. The van der Waals surface area contributed by atoms with E-state index in [4.69, 9.17) is 9.72 Å². The van der Waals surface area contributed by atoms with Crippen molar-refractivity contribution < 1.29 is 24.5 Å². The Morgan fingerprint density at radius 3 is 2.65 bits per heavy atom. The highest BCUT2D eigenvalue weighted by Gasteiger charge is 2.59. The van der Waals surface area contributed by atoms with Crippen molar-refractivity contribution in [1.29, 1.82) is 0 Å². The van der Waals surface area contributed by atoms with Gasteiger partial charge in [-0.25, -0.2) is 9.78 Å². The van der Waals surface area contributed by atoms with E-state index < -0.39 is 11.5 Å². The zero-order valence-electron chi connectivity index (χ0n) is 20.6. The standard InChI is InChI=1S/C24H38N4O5S/c1-14(2)25-19(31)11-15-20-16(12-17-23(15,3)6-5-18(30)24(17,4)13-29)34-21(26-20)27-22(32)28-7-9-33-10-8-28/h14-15,17-18,29-30H,5-13H2,1-4H3,(H,25,31)(H,26,27,32)/t15-,17+,18-,23+,24+/m1/s1. The molecule has 4 rings (SSSR count). The number of thiazole rings is 1. The summed E-state index contributed by atoms with van der Waals surface area (Å²) in [6.45, 7) is 10.0. The lowest BCUT2D eigenvalue weighted by atomic mass is 9.47. The third kappa shape index (κ3) is 4.57. The van der Waals surface area contributed by atoms with Crippen LogP contribution in [-0.2, 0) is 16.0 Å².